The van der Waals surface area contributed by atoms with Gasteiger partial charge in [-0.1, -0.05) is 11.6 Å². The van der Waals surface area contributed by atoms with E-state index in [-0.39, 0.29) is 20.3 Å². The summed E-state index contributed by atoms with van der Waals surface area (Å²) in [5.41, 5.74) is 0.197. The van der Waals surface area contributed by atoms with Gasteiger partial charge in [0.05, 0.1) is 12.0 Å². The molecular weight excluding hydrogens is 361 g/mol. The van der Waals surface area contributed by atoms with E-state index < -0.39 is 15.8 Å². The Labute approximate surface area is 122 Å². The summed E-state index contributed by atoms with van der Waals surface area (Å²) in [7, 11) is -2.35. The first-order chi connectivity index (χ1) is 8.81. The molecule has 0 fully saturated rings. The van der Waals surface area contributed by atoms with Crippen molar-refractivity contribution in [3.8, 4) is 0 Å². The van der Waals surface area contributed by atoms with Crippen LogP contribution in [0.5, 0.6) is 0 Å². The van der Waals surface area contributed by atoms with E-state index >= 15 is 0 Å². The predicted octanol–water partition coefficient (Wildman–Crippen LogP) is 2.78. The van der Waals surface area contributed by atoms with E-state index in [1.807, 2.05) is 0 Å². The van der Waals surface area contributed by atoms with Gasteiger partial charge in [-0.2, -0.15) is 8.42 Å². The highest BCUT2D eigenvalue weighted by molar-refractivity contribution is 9.10. The van der Waals surface area contributed by atoms with Crippen molar-refractivity contribution in [3.63, 3.8) is 0 Å². The zero-order chi connectivity index (χ0) is 14.2. The van der Waals surface area contributed by atoms with Crippen LogP contribution in [-0.4, -0.2) is 18.0 Å². The molecule has 0 radical (unpaired) electrons. The Morgan fingerprint density at radius 1 is 1.47 bits per heavy atom. The molecule has 0 saturated carbocycles. The van der Waals surface area contributed by atoms with Crippen molar-refractivity contribution < 1.29 is 12.8 Å². The lowest BCUT2D eigenvalue weighted by Gasteiger charge is -2.08. The van der Waals surface area contributed by atoms with Crippen LogP contribution in [0.15, 0.2) is 34.0 Å². The molecule has 0 spiro atoms. The zero-order valence-corrected chi connectivity index (χ0v) is 12.7. The highest BCUT2D eigenvalue weighted by Gasteiger charge is 2.23. The van der Waals surface area contributed by atoms with E-state index in [9.17, 15) is 12.8 Å². The molecule has 0 unspecified atom stereocenters. The first-order valence-electron chi connectivity index (χ1n) is 4.96. The minimum atomic E-state index is -3.92. The van der Waals surface area contributed by atoms with Gasteiger partial charge >= 0.3 is 0 Å². The fraction of sp³-hybridized carbons (Fsp3) is 0.100. The van der Waals surface area contributed by atoms with Crippen LogP contribution in [0.25, 0.3) is 0 Å². The molecule has 0 aliphatic carbocycles. The minimum Gasteiger partial charge on any atom is -0.324 e. The molecule has 5 nitrogen and oxygen atoms in total. The molecule has 1 heterocycles. The standard InChI is InChI=1S/C10H8BrClFN3O2S/c1-16-5-14-10(9(16)12)19(17,18)15-8-3-2-6(13)4-7(8)11/h2-5,15H,1H3. The minimum absolute atomic E-state index is 0.00858. The van der Waals surface area contributed by atoms with E-state index in [1.54, 1.807) is 7.05 Å². The van der Waals surface area contributed by atoms with Crippen molar-refractivity contribution in [2.45, 2.75) is 5.03 Å². The first-order valence-corrected chi connectivity index (χ1v) is 7.61. The second-order valence-corrected chi connectivity index (χ2v) is 6.49. The number of sulfonamides is 1. The van der Waals surface area contributed by atoms with Crippen LogP contribution in [0.2, 0.25) is 5.15 Å². The number of benzene rings is 1. The number of aromatic nitrogens is 2. The molecule has 102 valence electrons. The van der Waals surface area contributed by atoms with Crippen LogP contribution < -0.4 is 4.72 Å². The quantitative estimate of drug-likeness (QED) is 0.906. The summed E-state index contributed by atoms with van der Waals surface area (Å²) >= 11 is 8.90. The molecular formula is C10H8BrClFN3O2S. The van der Waals surface area contributed by atoms with Crippen molar-refractivity contribution in [3.05, 3.63) is 40.0 Å². The lowest BCUT2D eigenvalue weighted by molar-refractivity contribution is 0.598. The van der Waals surface area contributed by atoms with E-state index in [4.69, 9.17) is 11.6 Å². The van der Waals surface area contributed by atoms with Gasteiger partial charge in [0.25, 0.3) is 10.0 Å². The van der Waals surface area contributed by atoms with Crippen molar-refractivity contribution in [2.24, 2.45) is 7.05 Å². The average molecular weight is 369 g/mol. The number of nitrogens with zero attached hydrogens (tertiary/aromatic N) is 2. The molecule has 2 aromatic rings. The smallest absolute Gasteiger partial charge is 0.282 e. The van der Waals surface area contributed by atoms with Crippen LogP contribution >= 0.6 is 27.5 Å². The highest BCUT2D eigenvalue weighted by Crippen LogP contribution is 2.27. The summed E-state index contributed by atoms with van der Waals surface area (Å²) in [5.74, 6) is -0.481. The normalized spacial score (nSPS) is 11.6. The number of aryl methyl sites for hydroxylation is 1. The lowest BCUT2D eigenvalue weighted by Crippen LogP contribution is -2.14. The van der Waals surface area contributed by atoms with E-state index in [1.165, 1.54) is 17.0 Å². The number of anilines is 1. The largest absolute Gasteiger partial charge is 0.324 e. The Bertz CT molecular complexity index is 732. The van der Waals surface area contributed by atoms with E-state index in [2.05, 4.69) is 25.6 Å². The Balaban J connectivity index is 2.39. The van der Waals surface area contributed by atoms with Crippen LogP contribution in [-0.2, 0) is 17.1 Å². The molecule has 0 bridgehead atoms. The molecule has 0 saturated heterocycles. The third-order valence-corrected chi connectivity index (χ3v) is 4.77. The van der Waals surface area contributed by atoms with Crippen molar-refractivity contribution in [2.75, 3.05) is 4.72 Å². The van der Waals surface area contributed by atoms with Crippen LogP contribution in [0.4, 0.5) is 10.1 Å². The summed E-state index contributed by atoms with van der Waals surface area (Å²) in [5, 5.41) is -0.293. The summed E-state index contributed by atoms with van der Waals surface area (Å²) < 4.78 is 41.0. The lowest BCUT2D eigenvalue weighted by atomic mass is 10.3. The molecule has 2 rings (SSSR count). The maximum absolute atomic E-state index is 12.9. The third-order valence-electron chi connectivity index (χ3n) is 2.26. The molecule has 0 amide bonds. The summed E-state index contributed by atoms with van der Waals surface area (Å²) in [6.07, 6.45) is 1.29. The number of rotatable bonds is 3. The van der Waals surface area contributed by atoms with Crippen molar-refractivity contribution in [1.82, 2.24) is 9.55 Å². The van der Waals surface area contributed by atoms with Crippen molar-refractivity contribution >= 4 is 43.2 Å². The summed E-state index contributed by atoms with van der Waals surface area (Å²) in [6.45, 7) is 0. The molecule has 1 aromatic carbocycles. The van der Waals surface area contributed by atoms with Gasteiger partial charge in [-0.25, -0.2) is 9.37 Å². The van der Waals surface area contributed by atoms with Gasteiger partial charge in [0.2, 0.25) is 5.03 Å². The van der Waals surface area contributed by atoms with Crippen molar-refractivity contribution in [1.29, 1.82) is 0 Å². The predicted molar refractivity (Wildman–Crippen MR) is 73.1 cm³/mol. The first kappa shape index (κ1) is 14.3. The fourth-order valence-corrected chi connectivity index (χ4v) is 3.43. The third kappa shape index (κ3) is 2.90. The molecule has 9 heteroatoms. The molecule has 0 aliphatic heterocycles. The van der Waals surface area contributed by atoms with Crippen LogP contribution in [0.1, 0.15) is 0 Å². The number of imidazole rings is 1. The molecule has 1 N–H and O–H groups in total. The zero-order valence-electron chi connectivity index (χ0n) is 9.56. The van der Waals surface area contributed by atoms with Gasteiger partial charge in [-0.3, -0.25) is 4.72 Å². The summed E-state index contributed by atoms with van der Waals surface area (Å²) in [6, 6.07) is 3.59. The summed E-state index contributed by atoms with van der Waals surface area (Å²) in [4.78, 5) is 3.72. The number of hydrogen-bond acceptors (Lipinski definition) is 3. The fourth-order valence-electron chi connectivity index (χ4n) is 1.34. The van der Waals surface area contributed by atoms with Crippen LogP contribution in [0.3, 0.4) is 0 Å². The Kier molecular flexibility index (Phi) is 3.84. The molecule has 19 heavy (non-hydrogen) atoms. The Hall–Kier alpha value is -1.12. The number of hydrogen-bond donors (Lipinski definition) is 1. The number of nitrogens with one attached hydrogen (secondary N) is 1. The average Bonchev–Trinajstić information content (AvgIpc) is 2.64. The van der Waals surface area contributed by atoms with Crippen LogP contribution in [0, 0.1) is 5.82 Å². The van der Waals surface area contributed by atoms with Gasteiger partial charge in [0.1, 0.15) is 11.0 Å². The van der Waals surface area contributed by atoms with Gasteiger partial charge in [0, 0.05) is 11.5 Å². The second-order valence-electron chi connectivity index (χ2n) is 3.68. The molecule has 1 aromatic heterocycles. The van der Waals surface area contributed by atoms with E-state index in [0.717, 1.165) is 12.1 Å². The monoisotopic (exact) mass is 367 g/mol. The van der Waals surface area contributed by atoms with Gasteiger partial charge < -0.3 is 4.57 Å². The van der Waals surface area contributed by atoms with E-state index in [0.29, 0.717) is 0 Å². The Morgan fingerprint density at radius 3 is 2.68 bits per heavy atom. The molecule has 0 atom stereocenters. The number of halogens is 3. The van der Waals surface area contributed by atoms with Gasteiger partial charge in [-0.15, -0.1) is 0 Å². The van der Waals surface area contributed by atoms with Gasteiger partial charge in [0.15, 0.2) is 0 Å². The Morgan fingerprint density at radius 2 is 2.16 bits per heavy atom. The highest BCUT2D eigenvalue weighted by atomic mass is 79.9. The maximum Gasteiger partial charge on any atom is 0.282 e. The molecule has 0 aliphatic rings. The second kappa shape index (κ2) is 5.10. The van der Waals surface area contributed by atoms with Gasteiger partial charge in [-0.05, 0) is 34.1 Å². The SMILES string of the molecule is Cn1cnc(S(=O)(=O)Nc2ccc(F)cc2Br)c1Cl. The topological polar surface area (TPSA) is 64.0 Å². The maximum atomic E-state index is 12.9.